The third-order valence-corrected chi connectivity index (χ3v) is 7.16. The van der Waals surface area contributed by atoms with Crippen molar-refractivity contribution >= 4 is 29.5 Å². The van der Waals surface area contributed by atoms with Crippen LogP contribution in [0.15, 0.2) is 41.8 Å². The maximum absolute atomic E-state index is 12.8. The molecule has 0 bridgehead atoms. The number of carbonyl (C=O) groups is 1. The lowest BCUT2D eigenvalue weighted by Gasteiger charge is -2.32. The Hall–Kier alpha value is -2.25. The fourth-order valence-electron chi connectivity index (χ4n) is 4.08. The van der Waals surface area contributed by atoms with Gasteiger partial charge in [-0.05, 0) is 67.8 Å². The summed E-state index contributed by atoms with van der Waals surface area (Å²) in [5.41, 5.74) is 2.72. The van der Waals surface area contributed by atoms with Crippen molar-refractivity contribution in [2.75, 3.05) is 13.1 Å². The van der Waals surface area contributed by atoms with Crippen LogP contribution in [0.2, 0.25) is 0 Å². The SMILES string of the molecule is Cc1ccc(CCC2CCN(C(=O)CCn3c(-c4cccs4)n[nH]c3=S)CC2)cc1. The van der Waals surface area contributed by atoms with Crippen LogP contribution in [0.25, 0.3) is 10.7 Å². The molecule has 1 amide bonds. The third kappa shape index (κ3) is 5.08. The Labute approximate surface area is 186 Å². The van der Waals surface area contributed by atoms with E-state index in [9.17, 15) is 4.79 Å². The standard InChI is InChI=1S/C23H28N4OS2/c1-17-4-6-18(7-5-17)8-9-19-10-13-26(14-11-19)21(28)12-15-27-22(24-25-23(27)29)20-3-2-16-30-20/h2-7,16,19H,8-15H2,1H3,(H,25,29). The van der Waals surface area contributed by atoms with Gasteiger partial charge >= 0.3 is 0 Å². The predicted molar refractivity (Wildman–Crippen MR) is 124 cm³/mol. The highest BCUT2D eigenvalue weighted by atomic mass is 32.1. The van der Waals surface area contributed by atoms with Gasteiger partial charge in [-0.15, -0.1) is 11.3 Å². The lowest BCUT2D eigenvalue weighted by atomic mass is 9.90. The monoisotopic (exact) mass is 440 g/mol. The molecule has 1 fully saturated rings. The number of benzene rings is 1. The van der Waals surface area contributed by atoms with E-state index in [1.165, 1.54) is 17.5 Å². The summed E-state index contributed by atoms with van der Waals surface area (Å²) in [4.78, 5) is 15.9. The van der Waals surface area contributed by atoms with Crippen LogP contribution in [0.4, 0.5) is 0 Å². The quantitative estimate of drug-likeness (QED) is 0.511. The first-order valence-corrected chi connectivity index (χ1v) is 11.9. The van der Waals surface area contributed by atoms with Crippen molar-refractivity contribution in [1.29, 1.82) is 0 Å². The van der Waals surface area contributed by atoms with E-state index in [-0.39, 0.29) is 5.91 Å². The highest BCUT2D eigenvalue weighted by molar-refractivity contribution is 7.71. The molecule has 2 aromatic heterocycles. The maximum atomic E-state index is 12.8. The topological polar surface area (TPSA) is 53.9 Å². The van der Waals surface area contributed by atoms with Crippen molar-refractivity contribution in [3.8, 4) is 10.7 Å². The molecule has 4 rings (SSSR count). The van der Waals surface area contributed by atoms with Crippen LogP contribution in [0.3, 0.4) is 0 Å². The van der Waals surface area contributed by atoms with Crippen molar-refractivity contribution in [3.05, 3.63) is 57.7 Å². The number of piperidine rings is 1. The number of carbonyl (C=O) groups excluding carboxylic acids is 1. The smallest absolute Gasteiger partial charge is 0.224 e. The number of aryl methyl sites for hydroxylation is 2. The third-order valence-electron chi connectivity index (χ3n) is 5.98. The second-order valence-electron chi connectivity index (χ2n) is 8.08. The second kappa shape index (κ2) is 9.71. The minimum absolute atomic E-state index is 0.215. The number of H-pyrrole nitrogens is 1. The summed E-state index contributed by atoms with van der Waals surface area (Å²) in [6.07, 6.45) is 5.00. The van der Waals surface area contributed by atoms with E-state index >= 15 is 0 Å². The van der Waals surface area contributed by atoms with Crippen LogP contribution in [-0.4, -0.2) is 38.7 Å². The van der Waals surface area contributed by atoms with Crippen LogP contribution in [-0.2, 0) is 17.8 Å². The summed E-state index contributed by atoms with van der Waals surface area (Å²) in [7, 11) is 0. The fourth-order valence-corrected chi connectivity index (χ4v) is 5.03. The first-order chi connectivity index (χ1) is 14.6. The number of nitrogens with one attached hydrogen (secondary N) is 1. The molecule has 1 aliphatic heterocycles. The summed E-state index contributed by atoms with van der Waals surface area (Å²) < 4.78 is 2.51. The van der Waals surface area contributed by atoms with Crippen molar-refractivity contribution in [2.45, 2.75) is 45.6 Å². The molecule has 0 radical (unpaired) electrons. The number of aromatic nitrogens is 3. The van der Waals surface area contributed by atoms with Gasteiger partial charge in [0.2, 0.25) is 5.91 Å². The minimum Gasteiger partial charge on any atom is -0.343 e. The zero-order chi connectivity index (χ0) is 20.9. The van der Waals surface area contributed by atoms with Crippen LogP contribution < -0.4 is 0 Å². The van der Waals surface area contributed by atoms with Gasteiger partial charge in [-0.1, -0.05) is 35.9 Å². The molecular formula is C23H28N4OS2. The Morgan fingerprint density at radius 1 is 1.23 bits per heavy atom. The molecule has 0 saturated carbocycles. The maximum Gasteiger partial charge on any atom is 0.224 e. The molecule has 0 aliphatic carbocycles. The molecule has 30 heavy (non-hydrogen) atoms. The highest BCUT2D eigenvalue weighted by Crippen LogP contribution is 2.25. The normalized spacial score (nSPS) is 14.9. The first-order valence-electron chi connectivity index (χ1n) is 10.6. The van der Waals surface area contributed by atoms with Gasteiger partial charge in [-0.3, -0.25) is 14.5 Å². The van der Waals surface area contributed by atoms with E-state index in [0.29, 0.717) is 23.7 Å². The number of amides is 1. The molecule has 0 unspecified atom stereocenters. The van der Waals surface area contributed by atoms with Crippen molar-refractivity contribution in [1.82, 2.24) is 19.7 Å². The summed E-state index contributed by atoms with van der Waals surface area (Å²) >= 11 is 7.00. The summed E-state index contributed by atoms with van der Waals surface area (Å²) in [6.45, 7) is 4.42. The zero-order valence-electron chi connectivity index (χ0n) is 17.3. The number of likely N-dealkylation sites (tertiary alicyclic amines) is 1. The summed E-state index contributed by atoms with van der Waals surface area (Å²) in [6, 6.07) is 12.9. The average Bonchev–Trinajstić information content (AvgIpc) is 3.42. The van der Waals surface area contributed by atoms with Gasteiger partial charge in [-0.2, -0.15) is 5.10 Å². The van der Waals surface area contributed by atoms with Crippen LogP contribution in [0.1, 0.15) is 36.8 Å². The van der Waals surface area contributed by atoms with Crippen molar-refractivity contribution in [3.63, 3.8) is 0 Å². The molecule has 0 atom stereocenters. The highest BCUT2D eigenvalue weighted by Gasteiger charge is 2.23. The fraction of sp³-hybridized carbons (Fsp3) is 0.435. The van der Waals surface area contributed by atoms with Crippen LogP contribution in [0.5, 0.6) is 0 Å². The van der Waals surface area contributed by atoms with Crippen LogP contribution >= 0.6 is 23.6 Å². The number of nitrogens with zero attached hydrogens (tertiary/aromatic N) is 3. The molecule has 0 spiro atoms. The largest absolute Gasteiger partial charge is 0.343 e. The van der Waals surface area contributed by atoms with E-state index in [1.54, 1.807) is 11.3 Å². The Kier molecular flexibility index (Phi) is 6.79. The molecule has 3 heterocycles. The zero-order valence-corrected chi connectivity index (χ0v) is 19.0. The number of rotatable bonds is 7. The average molecular weight is 441 g/mol. The molecule has 5 nitrogen and oxygen atoms in total. The predicted octanol–water partition coefficient (Wildman–Crippen LogP) is 5.24. The number of hydrogen-bond donors (Lipinski definition) is 1. The van der Waals surface area contributed by atoms with Crippen LogP contribution in [0, 0.1) is 17.6 Å². The molecule has 3 aromatic rings. The van der Waals surface area contributed by atoms with E-state index in [0.717, 1.165) is 43.1 Å². The Balaban J connectivity index is 1.25. The van der Waals surface area contributed by atoms with Gasteiger partial charge in [0.05, 0.1) is 4.88 Å². The van der Waals surface area contributed by atoms with Gasteiger partial charge in [0.1, 0.15) is 0 Å². The first kappa shape index (κ1) is 21.0. The molecule has 1 saturated heterocycles. The number of thiophene rings is 1. The second-order valence-corrected chi connectivity index (χ2v) is 9.41. The van der Waals surface area contributed by atoms with Crippen molar-refractivity contribution in [2.24, 2.45) is 5.92 Å². The van der Waals surface area contributed by atoms with E-state index in [1.807, 2.05) is 27.0 Å². The van der Waals surface area contributed by atoms with Gasteiger partial charge in [0.15, 0.2) is 10.6 Å². The van der Waals surface area contributed by atoms with E-state index < -0.39 is 0 Å². The molecule has 1 N–H and O–H groups in total. The number of hydrogen-bond acceptors (Lipinski definition) is 4. The summed E-state index contributed by atoms with van der Waals surface area (Å²) in [5, 5.41) is 9.22. The van der Waals surface area contributed by atoms with E-state index in [4.69, 9.17) is 12.2 Å². The van der Waals surface area contributed by atoms with Gasteiger partial charge in [0.25, 0.3) is 0 Å². The van der Waals surface area contributed by atoms with Gasteiger partial charge in [-0.25, -0.2) is 0 Å². The lowest BCUT2D eigenvalue weighted by molar-refractivity contribution is -0.132. The van der Waals surface area contributed by atoms with Crippen molar-refractivity contribution < 1.29 is 4.79 Å². The molecule has 7 heteroatoms. The van der Waals surface area contributed by atoms with Gasteiger partial charge in [0, 0.05) is 26.1 Å². The lowest BCUT2D eigenvalue weighted by Crippen LogP contribution is -2.38. The molecule has 1 aromatic carbocycles. The Morgan fingerprint density at radius 2 is 2.00 bits per heavy atom. The Bertz CT molecular complexity index is 1010. The Morgan fingerprint density at radius 3 is 2.70 bits per heavy atom. The molecule has 158 valence electrons. The van der Waals surface area contributed by atoms with Gasteiger partial charge < -0.3 is 4.90 Å². The molecule has 1 aliphatic rings. The minimum atomic E-state index is 0.215. The summed E-state index contributed by atoms with van der Waals surface area (Å²) in [5.74, 6) is 1.74. The number of aromatic amines is 1. The van der Waals surface area contributed by atoms with E-state index in [2.05, 4.69) is 41.4 Å². The molecular weight excluding hydrogens is 412 g/mol.